The van der Waals surface area contributed by atoms with Crippen LogP contribution < -0.4 is 10.3 Å². The zero-order chi connectivity index (χ0) is 22.0. The minimum atomic E-state index is -0.553. The van der Waals surface area contributed by atoms with Crippen molar-refractivity contribution in [3.05, 3.63) is 101 Å². The predicted octanol–water partition coefficient (Wildman–Crippen LogP) is 5.25. The van der Waals surface area contributed by atoms with Gasteiger partial charge in [0, 0.05) is 35.4 Å². The van der Waals surface area contributed by atoms with Crippen LogP contribution in [0.3, 0.4) is 0 Å². The van der Waals surface area contributed by atoms with Gasteiger partial charge < -0.3 is 4.74 Å². The fourth-order valence-corrected chi connectivity index (χ4v) is 3.26. The van der Waals surface area contributed by atoms with Crippen LogP contribution in [0.2, 0.25) is 0 Å². The number of para-hydroxylation sites is 2. The average molecular weight is 414 g/mol. The van der Waals surface area contributed by atoms with Crippen LogP contribution in [0.15, 0.2) is 83.7 Å². The monoisotopic (exact) mass is 414 g/mol. The van der Waals surface area contributed by atoms with Gasteiger partial charge in [0.25, 0.3) is 5.56 Å². The highest BCUT2D eigenvalue weighted by Crippen LogP contribution is 2.38. The van der Waals surface area contributed by atoms with Crippen molar-refractivity contribution in [3.8, 4) is 33.9 Å². The number of carbonyl (C=O) groups is 1. The fourth-order valence-electron chi connectivity index (χ4n) is 3.26. The number of nitrogens with zero attached hydrogens (tertiary/aromatic N) is 2. The molecule has 6 heteroatoms. The number of aryl methyl sites for hydroxylation is 1. The number of hydrogen-bond donors (Lipinski definition) is 0. The van der Waals surface area contributed by atoms with Gasteiger partial charge in [0.15, 0.2) is 5.78 Å². The van der Waals surface area contributed by atoms with E-state index in [4.69, 9.17) is 4.74 Å². The number of ether oxygens (including phenoxy) is 1. The molecule has 0 radical (unpaired) electrons. The van der Waals surface area contributed by atoms with Crippen molar-refractivity contribution in [1.29, 1.82) is 0 Å². The van der Waals surface area contributed by atoms with Gasteiger partial charge in [0.05, 0.1) is 0 Å². The molecule has 5 nitrogen and oxygen atoms in total. The lowest BCUT2D eigenvalue weighted by Crippen LogP contribution is -2.20. The summed E-state index contributed by atoms with van der Waals surface area (Å²) in [4.78, 5) is 24.2. The molecule has 4 aromatic rings. The molecule has 0 aliphatic rings. The van der Waals surface area contributed by atoms with E-state index in [0.29, 0.717) is 28.3 Å². The van der Waals surface area contributed by atoms with Crippen molar-refractivity contribution in [3.63, 3.8) is 0 Å². The highest BCUT2D eigenvalue weighted by atomic mass is 19.1. The first-order valence-corrected chi connectivity index (χ1v) is 9.65. The van der Waals surface area contributed by atoms with Gasteiger partial charge in [-0.2, -0.15) is 5.10 Å². The van der Waals surface area contributed by atoms with E-state index in [1.807, 2.05) is 42.5 Å². The molecule has 3 aromatic carbocycles. The Morgan fingerprint density at radius 3 is 2.35 bits per heavy atom. The third kappa shape index (κ3) is 4.14. The summed E-state index contributed by atoms with van der Waals surface area (Å²) in [5.41, 5.74) is 1.32. The lowest BCUT2D eigenvalue weighted by molar-refractivity contribution is 0.101. The van der Waals surface area contributed by atoms with Crippen molar-refractivity contribution in [2.24, 2.45) is 7.05 Å². The first-order chi connectivity index (χ1) is 14.9. The molecule has 31 heavy (non-hydrogen) atoms. The third-order valence-corrected chi connectivity index (χ3v) is 4.87. The quantitative estimate of drug-likeness (QED) is 0.419. The average Bonchev–Trinajstić information content (AvgIpc) is 2.77. The second-order valence-electron chi connectivity index (χ2n) is 7.03. The van der Waals surface area contributed by atoms with Crippen LogP contribution in [0, 0.1) is 5.82 Å². The van der Waals surface area contributed by atoms with Crippen molar-refractivity contribution in [2.45, 2.75) is 6.92 Å². The fraction of sp³-hybridized carbons (Fsp3) is 0.0800. The maximum Gasteiger partial charge on any atom is 0.267 e. The molecule has 0 saturated heterocycles. The van der Waals surface area contributed by atoms with Gasteiger partial charge >= 0.3 is 0 Å². The van der Waals surface area contributed by atoms with Gasteiger partial charge in [-0.25, -0.2) is 9.07 Å². The van der Waals surface area contributed by atoms with E-state index in [-0.39, 0.29) is 16.9 Å². The Kier molecular flexibility index (Phi) is 5.45. The number of Topliss-reactive ketones (excluding diaryl/α,β-unsaturated/α-hetero) is 1. The molecule has 0 amide bonds. The molecule has 1 aromatic heterocycles. The molecular formula is C25H19FN2O3. The van der Waals surface area contributed by atoms with Crippen LogP contribution in [-0.2, 0) is 7.05 Å². The van der Waals surface area contributed by atoms with E-state index in [2.05, 4.69) is 5.10 Å². The molecule has 0 unspecified atom stereocenters. The molecule has 0 saturated carbocycles. The molecule has 0 aliphatic carbocycles. The molecular weight excluding hydrogens is 395 g/mol. The first kappa shape index (κ1) is 20.2. The molecule has 1 heterocycles. The third-order valence-electron chi connectivity index (χ3n) is 4.87. The number of halogens is 1. The number of benzene rings is 3. The second-order valence-corrected chi connectivity index (χ2v) is 7.03. The highest BCUT2D eigenvalue weighted by molar-refractivity contribution is 5.96. The zero-order valence-corrected chi connectivity index (χ0v) is 17.0. The maximum absolute atomic E-state index is 14.8. The van der Waals surface area contributed by atoms with Crippen LogP contribution in [0.1, 0.15) is 17.3 Å². The van der Waals surface area contributed by atoms with Crippen LogP contribution in [0.4, 0.5) is 4.39 Å². The van der Waals surface area contributed by atoms with Crippen LogP contribution in [0.25, 0.3) is 22.4 Å². The molecule has 4 rings (SSSR count). The highest BCUT2D eigenvalue weighted by Gasteiger charge is 2.19. The molecule has 0 fully saturated rings. The van der Waals surface area contributed by atoms with Crippen molar-refractivity contribution < 1.29 is 13.9 Å². The van der Waals surface area contributed by atoms with Gasteiger partial charge in [-0.15, -0.1) is 0 Å². The van der Waals surface area contributed by atoms with Gasteiger partial charge in [-0.1, -0.05) is 30.3 Å². The summed E-state index contributed by atoms with van der Waals surface area (Å²) in [5, 5.41) is 4.41. The molecule has 0 atom stereocenters. The van der Waals surface area contributed by atoms with E-state index >= 15 is 0 Å². The lowest BCUT2D eigenvalue weighted by atomic mass is 9.96. The standard InChI is InChI=1S/C25H19FN2O3/c1-16(29)17-12-13-22(26)20(14-17)21-15-24(30)28(2)27-25(21)19-10-6-7-11-23(19)31-18-8-4-3-5-9-18/h3-15H,1-2H3. The second kappa shape index (κ2) is 8.36. The Labute approximate surface area is 178 Å². The largest absolute Gasteiger partial charge is 0.457 e. The van der Waals surface area contributed by atoms with E-state index in [9.17, 15) is 14.0 Å². The Balaban J connectivity index is 1.94. The van der Waals surface area contributed by atoms with Crippen molar-refractivity contribution >= 4 is 5.78 Å². The van der Waals surface area contributed by atoms with Crippen LogP contribution >= 0.6 is 0 Å². The normalized spacial score (nSPS) is 10.7. The van der Waals surface area contributed by atoms with E-state index < -0.39 is 11.4 Å². The summed E-state index contributed by atoms with van der Waals surface area (Å²) < 4.78 is 22.0. The predicted molar refractivity (Wildman–Crippen MR) is 117 cm³/mol. The summed E-state index contributed by atoms with van der Waals surface area (Å²) >= 11 is 0. The summed E-state index contributed by atoms with van der Waals surface area (Å²) in [5.74, 6) is 0.380. The molecule has 0 N–H and O–H groups in total. The topological polar surface area (TPSA) is 61.2 Å². The number of ketones is 1. The number of rotatable bonds is 5. The summed E-state index contributed by atoms with van der Waals surface area (Å²) in [6.45, 7) is 1.41. The van der Waals surface area contributed by atoms with Gasteiger partial charge in [0.2, 0.25) is 0 Å². The molecule has 0 spiro atoms. The zero-order valence-electron chi connectivity index (χ0n) is 17.0. The number of aromatic nitrogens is 2. The minimum absolute atomic E-state index is 0.127. The van der Waals surface area contributed by atoms with E-state index in [1.54, 1.807) is 12.1 Å². The lowest BCUT2D eigenvalue weighted by Gasteiger charge is -2.15. The van der Waals surface area contributed by atoms with Crippen molar-refractivity contribution in [1.82, 2.24) is 9.78 Å². The Morgan fingerprint density at radius 2 is 1.61 bits per heavy atom. The van der Waals surface area contributed by atoms with Crippen LogP contribution in [-0.4, -0.2) is 15.6 Å². The van der Waals surface area contributed by atoms with E-state index in [1.165, 1.54) is 42.9 Å². The smallest absolute Gasteiger partial charge is 0.267 e. The van der Waals surface area contributed by atoms with E-state index in [0.717, 1.165) is 0 Å². The number of hydrogen-bond acceptors (Lipinski definition) is 4. The summed E-state index contributed by atoms with van der Waals surface area (Å²) in [6.07, 6.45) is 0. The molecule has 154 valence electrons. The molecule has 0 aliphatic heterocycles. The van der Waals surface area contributed by atoms with Crippen LogP contribution in [0.5, 0.6) is 11.5 Å². The Morgan fingerprint density at radius 1 is 0.903 bits per heavy atom. The van der Waals surface area contributed by atoms with Gasteiger partial charge in [-0.05, 0) is 49.4 Å². The summed E-state index contributed by atoms with van der Waals surface area (Å²) in [7, 11) is 1.53. The number of carbonyl (C=O) groups excluding carboxylic acids is 1. The summed E-state index contributed by atoms with van der Waals surface area (Å²) in [6, 6.07) is 21.9. The maximum atomic E-state index is 14.8. The first-order valence-electron chi connectivity index (χ1n) is 9.65. The SMILES string of the molecule is CC(=O)c1ccc(F)c(-c2cc(=O)n(C)nc2-c2ccccc2Oc2ccccc2)c1. The van der Waals surface area contributed by atoms with Gasteiger partial charge in [0.1, 0.15) is 23.0 Å². The Hall–Kier alpha value is -4.06. The minimum Gasteiger partial charge on any atom is -0.457 e. The van der Waals surface area contributed by atoms with Gasteiger partial charge in [-0.3, -0.25) is 9.59 Å². The molecule has 0 bridgehead atoms. The Bertz CT molecular complexity index is 1330. The van der Waals surface area contributed by atoms with Crippen molar-refractivity contribution in [2.75, 3.05) is 0 Å².